The zero-order valence-electron chi connectivity index (χ0n) is 10.7. The van der Waals surface area contributed by atoms with Crippen molar-refractivity contribution in [2.75, 3.05) is 26.3 Å². The van der Waals surface area contributed by atoms with E-state index < -0.39 is 23.5 Å². The van der Waals surface area contributed by atoms with E-state index in [1.54, 1.807) is 0 Å². The molecular formula is C12H20N2O5. The van der Waals surface area contributed by atoms with Crippen LogP contribution in [0.3, 0.4) is 0 Å². The molecular weight excluding hydrogens is 252 g/mol. The Morgan fingerprint density at radius 3 is 2.53 bits per heavy atom. The second kappa shape index (κ2) is 5.44. The van der Waals surface area contributed by atoms with Crippen LogP contribution in [0.2, 0.25) is 0 Å². The highest BCUT2D eigenvalue weighted by Crippen LogP contribution is 2.34. The van der Waals surface area contributed by atoms with Gasteiger partial charge in [0.25, 0.3) is 0 Å². The van der Waals surface area contributed by atoms with Crippen molar-refractivity contribution in [1.29, 1.82) is 0 Å². The van der Waals surface area contributed by atoms with Crippen molar-refractivity contribution < 1.29 is 24.5 Å². The number of nitrogens with two attached hydrogens (primary N) is 1. The van der Waals surface area contributed by atoms with Gasteiger partial charge in [-0.15, -0.1) is 0 Å². The van der Waals surface area contributed by atoms with Gasteiger partial charge in [0.1, 0.15) is 6.04 Å². The predicted molar refractivity (Wildman–Crippen MR) is 65.3 cm³/mol. The van der Waals surface area contributed by atoms with Gasteiger partial charge in [0, 0.05) is 32.7 Å². The van der Waals surface area contributed by atoms with Gasteiger partial charge in [0.2, 0.25) is 5.91 Å². The number of aliphatic hydroxyl groups is 1. The molecule has 7 heteroatoms. The second-order valence-electron chi connectivity index (χ2n) is 5.30. The Morgan fingerprint density at radius 1 is 1.37 bits per heavy atom. The molecule has 2 saturated heterocycles. The van der Waals surface area contributed by atoms with Crippen LogP contribution in [0.4, 0.5) is 0 Å². The molecule has 0 radical (unpaired) electrons. The van der Waals surface area contributed by atoms with Gasteiger partial charge in [0.15, 0.2) is 0 Å². The van der Waals surface area contributed by atoms with E-state index >= 15 is 0 Å². The highest BCUT2D eigenvalue weighted by atomic mass is 16.5. The summed E-state index contributed by atoms with van der Waals surface area (Å²) in [4.78, 5) is 25.1. The molecule has 0 spiro atoms. The molecule has 108 valence electrons. The lowest BCUT2D eigenvalue weighted by Gasteiger charge is -2.38. The van der Waals surface area contributed by atoms with Crippen LogP contribution in [0.1, 0.15) is 19.3 Å². The summed E-state index contributed by atoms with van der Waals surface area (Å²) < 4.78 is 5.24. The first-order valence-electron chi connectivity index (χ1n) is 6.50. The Morgan fingerprint density at radius 2 is 2.00 bits per heavy atom. The summed E-state index contributed by atoms with van der Waals surface area (Å²) in [5.74, 6) is -1.34. The number of aliphatic carboxylic acids is 1. The monoisotopic (exact) mass is 272 g/mol. The van der Waals surface area contributed by atoms with E-state index in [-0.39, 0.29) is 25.4 Å². The first-order valence-corrected chi connectivity index (χ1v) is 6.50. The summed E-state index contributed by atoms with van der Waals surface area (Å²) in [6.07, 6.45) is 0.306. The van der Waals surface area contributed by atoms with E-state index in [0.717, 1.165) is 0 Å². The number of hydrogen-bond donors (Lipinski definition) is 3. The number of carbonyl (C=O) groups is 2. The molecule has 2 atom stereocenters. The van der Waals surface area contributed by atoms with Crippen molar-refractivity contribution in [1.82, 2.24) is 4.90 Å². The topological polar surface area (TPSA) is 113 Å². The quantitative estimate of drug-likeness (QED) is 0.594. The lowest BCUT2D eigenvalue weighted by Crippen LogP contribution is -2.53. The molecule has 2 rings (SSSR count). The van der Waals surface area contributed by atoms with Crippen LogP contribution in [0.25, 0.3) is 0 Å². The number of β-amino-alcohol motifs (C(OH)–C–C–N with tert-alkyl or cyclic N) is 1. The molecule has 2 aliphatic heterocycles. The Hall–Kier alpha value is -1.18. The van der Waals surface area contributed by atoms with Gasteiger partial charge in [-0.2, -0.15) is 0 Å². The second-order valence-corrected chi connectivity index (χ2v) is 5.30. The molecule has 1 amide bonds. The summed E-state index contributed by atoms with van der Waals surface area (Å²) in [5, 5.41) is 18.8. The summed E-state index contributed by atoms with van der Waals surface area (Å²) in [6.45, 7) is 1.15. The SMILES string of the molecule is NCC1(C(=O)N2CC(O)C[C@H]2C(=O)O)CCOCC1. The van der Waals surface area contributed by atoms with Gasteiger partial charge in [-0.3, -0.25) is 4.79 Å². The fraction of sp³-hybridized carbons (Fsp3) is 0.833. The van der Waals surface area contributed by atoms with Crippen LogP contribution in [0, 0.1) is 5.41 Å². The maximum absolute atomic E-state index is 12.6. The zero-order valence-corrected chi connectivity index (χ0v) is 10.7. The van der Waals surface area contributed by atoms with E-state index in [2.05, 4.69) is 0 Å². The van der Waals surface area contributed by atoms with Gasteiger partial charge in [0.05, 0.1) is 11.5 Å². The number of likely N-dealkylation sites (tertiary alicyclic amines) is 1. The summed E-state index contributed by atoms with van der Waals surface area (Å²) in [7, 11) is 0. The number of rotatable bonds is 3. The van der Waals surface area contributed by atoms with Crippen molar-refractivity contribution in [2.24, 2.45) is 11.1 Å². The Kier molecular flexibility index (Phi) is 4.07. The molecule has 0 aromatic carbocycles. The van der Waals surface area contributed by atoms with E-state index in [0.29, 0.717) is 26.1 Å². The Labute approximate surface area is 111 Å². The number of nitrogens with zero attached hydrogens (tertiary/aromatic N) is 1. The van der Waals surface area contributed by atoms with Crippen LogP contribution >= 0.6 is 0 Å². The lowest BCUT2D eigenvalue weighted by atomic mass is 9.78. The van der Waals surface area contributed by atoms with Gasteiger partial charge >= 0.3 is 5.97 Å². The summed E-state index contributed by atoms with van der Waals surface area (Å²) in [5.41, 5.74) is 5.01. The van der Waals surface area contributed by atoms with Crippen LogP contribution in [-0.2, 0) is 14.3 Å². The summed E-state index contributed by atoms with van der Waals surface area (Å²) in [6, 6.07) is -0.950. The molecule has 0 aromatic heterocycles. The Bertz CT molecular complexity index is 367. The molecule has 0 bridgehead atoms. The standard InChI is InChI=1S/C12H20N2O5/c13-7-12(1-3-19-4-2-12)11(18)14-6-8(15)5-9(14)10(16)17/h8-9,15H,1-7,13H2,(H,16,17)/t8?,9-/m0/s1. The molecule has 7 nitrogen and oxygen atoms in total. The first kappa shape index (κ1) is 14.2. The number of hydrogen-bond acceptors (Lipinski definition) is 5. The Balaban J connectivity index is 2.19. The van der Waals surface area contributed by atoms with Gasteiger partial charge in [-0.1, -0.05) is 0 Å². The summed E-state index contributed by atoms with van der Waals surface area (Å²) >= 11 is 0. The smallest absolute Gasteiger partial charge is 0.326 e. The first-order chi connectivity index (χ1) is 9.00. The lowest BCUT2D eigenvalue weighted by molar-refractivity contribution is -0.156. The van der Waals surface area contributed by atoms with Crippen LogP contribution < -0.4 is 5.73 Å². The highest BCUT2D eigenvalue weighted by molar-refractivity contribution is 5.88. The maximum atomic E-state index is 12.6. The molecule has 0 aromatic rings. The van der Waals surface area contributed by atoms with Crippen LogP contribution in [-0.4, -0.2) is 65.4 Å². The fourth-order valence-electron chi connectivity index (χ4n) is 2.84. The average Bonchev–Trinajstić information content (AvgIpc) is 2.81. The van der Waals surface area contributed by atoms with Crippen molar-refractivity contribution >= 4 is 11.9 Å². The van der Waals surface area contributed by atoms with Gasteiger partial charge in [-0.25, -0.2) is 4.79 Å². The van der Waals surface area contributed by atoms with Gasteiger partial charge in [-0.05, 0) is 12.8 Å². The molecule has 0 saturated carbocycles. The molecule has 1 unspecified atom stereocenters. The number of carbonyl (C=O) groups excluding carboxylic acids is 1. The third kappa shape index (κ3) is 2.58. The predicted octanol–water partition coefficient (Wildman–Crippen LogP) is -1.21. The largest absolute Gasteiger partial charge is 0.480 e. The van der Waals surface area contributed by atoms with Crippen molar-refractivity contribution in [2.45, 2.75) is 31.4 Å². The highest BCUT2D eigenvalue weighted by Gasteiger charge is 2.47. The molecule has 4 N–H and O–H groups in total. The third-order valence-electron chi connectivity index (χ3n) is 4.12. The van der Waals surface area contributed by atoms with E-state index in [9.17, 15) is 14.7 Å². The minimum Gasteiger partial charge on any atom is -0.480 e. The van der Waals surface area contributed by atoms with Crippen molar-refractivity contribution in [3.05, 3.63) is 0 Å². The number of carboxylic acid groups (broad SMARTS) is 1. The normalized spacial score (nSPS) is 30.3. The van der Waals surface area contributed by atoms with E-state index in [1.807, 2.05) is 0 Å². The zero-order chi connectivity index (χ0) is 14.0. The molecule has 2 fully saturated rings. The number of amides is 1. The third-order valence-corrected chi connectivity index (χ3v) is 4.12. The minimum atomic E-state index is -1.08. The fourth-order valence-corrected chi connectivity index (χ4v) is 2.84. The van der Waals surface area contributed by atoms with Crippen LogP contribution in [0.15, 0.2) is 0 Å². The van der Waals surface area contributed by atoms with Crippen molar-refractivity contribution in [3.8, 4) is 0 Å². The van der Waals surface area contributed by atoms with Crippen LogP contribution in [0.5, 0.6) is 0 Å². The molecule has 2 aliphatic rings. The maximum Gasteiger partial charge on any atom is 0.326 e. The molecule has 2 heterocycles. The molecule has 0 aliphatic carbocycles. The minimum absolute atomic E-state index is 0.0679. The number of ether oxygens (including phenoxy) is 1. The number of aliphatic hydroxyl groups excluding tert-OH is 1. The van der Waals surface area contributed by atoms with Gasteiger partial charge < -0.3 is 25.6 Å². The van der Waals surface area contributed by atoms with E-state index in [4.69, 9.17) is 15.6 Å². The van der Waals surface area contributed by atoms with Crippen molar-refractivity contribution in [3.63, 3.8) is 0 Å². The average molecular weight is 272 g/mol. The molecule has 19 heavy (non-hydrogen) atoms. The number of carboxylic acids is 1. The van der Waals surface area contributed by atoms with E-state index in [1.165, 1.54) is 4.90 Å².